The summed E-state index contributed by atoms with van der Waals surface area (Å²) >= 11 is 11.8. The van der Waals surface area contributed by atoms with E-state index in [1.165, 1.54) is 12.1 Å². The molecule has 0 spiro atoms. The number of H-pyrrole nitrogens is 1. The van der Waals surface area contributed by atoms with E-state index >= 15 is 0 Å². The fourth-order valence-electron chi connectivity index (χ4n) is 1.53. The summed E-state index contributed by atoms with van der Waals surface area (Å²) < 4.78 is 0. The monoisotopic (exact) mass is 328 g/mol. The van der Waals surface area contributed by atoms with E-state index in [-0.39, 0.29) is 27.8 Å². The van der Waals surface area contributed by atoms with Crippen molar-refractivity contribution in [2.45, 2.75) is 6.54 Å². The molecule has 2 aromatic rings. The van der Waals surface area contributed by atoms with Crippen molar-refractivity contribution in [2.75, 3.05) is 5.32 Å². The maximum absolute atomic E-state index is 11.7. The number of imidazole rings is 1. The zero-order valence-electron chi connectivity index (χ0n) is 10.5. The lowest BCUT2D eigenvalue weighted by Gasteiger charge is -2.11. The molecule has 0 aliphatic rings. The molecule has 21 heavy (non-hydrogen) atoms. The number of benzene rings is 1. The molecule has 2 amide bonds. The topological polar surface area (TPSA) is 107 Å². The molecular formula is C12H10Cl2N4O3. The average molecular weight is 329 g/mol. The predicted molar refractivity (Wildman–Crippen MR) is 77.9 cm³/mol. The van der Waals surface area contributed by atoms with Crippen LogP contribution in [-0.4, -0.2) is 27.1 Å². The smallest absolute Gasteiger partial charge is 0.335 e. The van der Waals surface area contributed by atoms with E-state index in [1.54, 1.807) is 12.4 Å². The van der Waals surface area contributed by atoms with E-state index in [4.69, 9.17) is 28.3 Å². The summed E-state index contributed by atoms with van der Waals surface area (Å²) in [7, 11) is 0. The number of hydrogen-bond acceptors (Lipinski definition) is 3. The SMILES string of the molecule is O=C(NCc1ncc[nH]1)Nc1c(Cl)cc(C(=O)O)cc1Cl. The number of halogens is 2. The number of carbonyl (C=O) groups excluding carboxylic acids is 1. The number of urea groups is 1. The maximum atomic E-state index is 11.7. The Morgan fingerprint density at radius 2 is 1.95 bits per heavy atom. The summed E-state index contributed by atoms with van der Waals surface area (Å²) in [6.45, 7) is 0.196. The largest absolute Gasteiger partial charge is 0.478 e. The highest BCUT2D eigenvalue weighted by molar-refractivity contribution is 6.40. The Bertz CT molecular complexity index is 650. The minimum absolute atomic E-state index is 0.0352. The van der Waals surface area contributed by atoms with Gasteiger partial charge in [0, 0.05) is 12.4 Å². The van der Waals surface area contributed by atoms with Crippen LogP contribution in [0.15, 0.2) is 24.5 Å². The van der Waals surface area contributed by atoms with Gasteiger partial charge in [-0.15, -0.1) is 0 Å². The molecule has 1 aromatic heterocycles. The van der Waals surface area contributed by atoms with E-state index in [1.807, 2.05) is 0 Å². The van der Waals surface area contributed by atoms with Crippen molar-refractivity contribution in [2.24, 2.45) is 0 Å². The Morgan fingerprint density at radius 3 is 2.48 bits per heavy atom. The van der Waals surface area contributed by atoms with Gasteiger partial charge < -0.3 is 20.7 Å². The number of aromatic carboxylic acids is 1. The Labute approximate surface area is 129 Å². The van der Waals surface area contributed by atoms with Gasteiger partial charge in [0.25, 0.3) is 0 Å². The second-order valence-corrected chi connectivity index (χ2v) is 4.78. The van der Waals surface area contributed by atoms with Crippen LogP contribution in [0.4, 0.5) is 10.5 Å². The first-order valence-electron chi connectivity index (χ1n) is 5.73. The van der Waals surface area contributed by atoms with Crippen molar-refractivity contribution < 1.29 is 14.7 Å². The van der Waals surface area contributed by atoms with Crippen LogP contribution in [0.25, 0.3) is 0 Å². The highest BCUT2D eigenvalue weighted by Crippen LogP contribution is 2.31. The van der Waals surface area contributed by atoms with Crippen molar-refractivity contribution in [1.82, 2.24) is 15.3 Å². The van der Waals surface area contributed by atoms with Crippen LogP contribution in [-0.2, 0) is 6.54 Å². The quantitative estimate of drug-likeness (QED) is 0.692. The molecule has 1 heterocycles. The number of anilines is 1. The van der Waals surface area contributed by atoms with E-state index in [0.717, 1.165) is 0 Å². The third-order valence-corrected chi connectivity index (χ3v) is 3.10. The number of carboxylic acids is 1. The molecule has 0 bridgehead atoms. The van der Waals surface area contributed by atoms with Crippen LogP contribution in [0.5, 0.6) is 0 Å². The maximum Gasteiger partial charge on any atom is 0.335 e. The van der Waals surface area contributed by atoms with Crippen molar-refractivity contribution in [3.8, 4) is 0 Å². The zero-order valence-corrected chi connectivity index (χ0v) is 12.0. The van der Waals surface area contributed by atoms with Gasteiger partial charge in [-0.3, -0.25) is 0 Å². The van der Waals surface area contributed by atoms with Crippen LogP contribution >= 0.6 is 23.2 Å². The van der Waals surface area contributed by atoms with Crippen LogP contribution in [0.2, 0.25) is 10.0 Å². The molecule has 0 aliphatic heterocycles. The van der Waals surface area contributed by atoms with Crippen LogP contribution < -0.4 is 10.6 Å². The highest BCUT2D eigenvalue weighted by atomic mass is 35.5. The van der Waals surface area contributed by atoms with Gasteiger partial charge >= 0.3 is 12.0 Å². The van der Waals surface area contributed by atoms with Crippen molar-refractivity contribution in [3.63, 3.8) is 0 Å². The Kier molecular flexibility index (Phi) is 4.66. The van der Waals surface area contributed by atoms with Gasteiger partial charge in [-0.1, -0.05) is 23.2 Å². The number of hydrogen-bond donors (Lipinski definition) is 4. The van der Waals surface area contributed by atoms with Gasteiger partial charge in [0.2, 0.25) is 0 Å². The molecule has 0 saturated carbocycles. The molecule has 0 radical (unpaired) electrons. The molecule has 0 atom stereocenters. The van der Waals surface area contributed by atoms with E-state index in [9.17, 15) is 9.59 Å². The molecular weight excluding hydrogens is 319 g/mol. The van der Waals surface area contributed by atoms with Crippen molar-refractivity contribution in [1.29, 1.82) is 0 Å². The van der Waals surface area contributed by atoms with Crippen molar-refractivity contribution in [3.05, 3.63) is 46.0 Å². The highest BCUT2D eigenvalue weighted by Gasteiger charge is 2.14. The van der Waals surface area contributed by atoms with Gasteiger partial charge in [0.15, 0.2) is 0 Å². The molecule has 9 heteroatoms. The van der Waals surface area contributed by atoms with Gasteiger partial charge in [0.1, 0.15) is 5.82 Å². The number of carboxylic acid groups (broad SMARTS) is 1. The molecule has 0 fully saturated rings. The second-order valence-electron chi connectivity index (χ2n) is 3.96. The van der Waals surface area contributed by atoms with E-state index in [2.05, 4.69) is 20.6 Å². The predicted octanol–water partition coefficient (Wildman–Crippen LogP) is 2.74. The third kappa shape index (κ3) is 3.87. The summed E-state index contributed by atoms with van der Waals surface area (Å²) in [5.41, 5.74) is 0.0758. The number of nitrogens with zero attached hydrogens (tertiary/aromatic N) is 1. The Balaban J connectivity index is 2.05. The van der Waals surface area contributed by atoms with Gasteiger partial charge in [0.05, 0.1) is 27.8 Å². The fourth-order valence-corrected chi connectivity index (χ4v) is 2.11. The van der Waals surface area contributed by atoms with E-state index < -0.39 is 12.0 Å². The molecule has 2 rings (SSSR count). The summed E-state index contributed by atoms with van der Waals surface area (Å²) in [4.78, 5) is 29.4. The number of amides is 2. The first-order valence-corrected chi connectivity index (χ1v) is 6.48. The summed E-state index contributed by atoms with van der Waals surface area (Å²) in [5, 5.41) is 13.9. The molecule has 0 saturated heterocycles. The molecule has 4 N–H and O–H groups in total. The van der Waals surface area contributed by atoms with Gasteiger partial charge in [-0.25, -0.2) is 14.6 Å². The van der Waals surface area contributed by atoms with E-state index in [0.29, 0.717) is 5.82 Å². The normalized spacial score (nSPS) is 10.2. The fraction of sp³-hybridized carbons (Fsp3) is 0.0833. The van der Waals surface area contributed by atoms with Gasteiger partial charge in [-0.05, 0) is 12.1 Å². The number of carbonyl (C=O) groups is 2. The second kappa shape index (κ2) is 6.47. The lowest BCUT2D eigenvalue weighted by molar-refractivity contribution is 0.0697. The molecule has 1 aromatic carbocycles. The minimum atomic E-state index is -1.16. The molecule has 7 nitrogen and oxygen atoms in total. The number of nitrogens with one attached hydrogen (secondary N) is 3. The number of aromatic nitrogens is 2. The molecule has 110 valence electrons. The van der Waals surface area contributed by atoms with Crippen molar-refractivity contribution >= 4 is 40.9 Å². The van der Waals surface area contributed by atoms with Crippen LogP contribution in [0, 0.1) is 0 Å². The average Bonchev–Trinajstić information content (AvgIpc) is 2.93. The lowest BCUT2D eigenvalue weighted by atomic mass is 10.2. The van der Waals surface area contributed by atoms with Gasteiger partial charge in [-0.2, -0.15) is 0 Å². The number of rotatable bonds is 4. The first kappa shape index (κ1) is 15.1. The Morgan fingerprint density at radius 1 is 1.29 bits per heavy atom. The number of aromatic amines is 1. The molecule has 0 aliphatic carbocycles. The lowest BCUT2D eigenvalue weighted by Crippen LogP contribution is -2.28. The zero-order chi connectivity index (χ0) is 15.4. The standard InChI is InChI=1S/C12H10Cl2N4O3/c13-7-3-6(11(19)20)4-8(14)10(7)18-12(21)17-5-9-15-1-2-16-9/h1-4H,5H2,(H,15,16)(H,19,20)(H2,17,18,21). The third-order valence-electron chi connectivity index (χ3n) is 2.50. The summed E-state index contributed by atoms with van der Waals surface area (Å²) in [6.07, 6.45) is 3.19. The van der Waals surface area contributed by atoms with Crippen LogP contribution in [0.1, 0.15) is 16.2 Å². The first-order chi connectivity index (χ1) is 9.97. The molecule has 0 unspecified atom stereocenters. The summed E-state index contributed by atoms with van der Waals surface area (Å²) in [6, 6.07) is 1.87. The Hall–Kier alpha value is -2.25. The summed E-state index contributed by atoms with van der Waals surface area (Å²) in [5.74, 6) is -0.573. The minimum Gasteiger partial charge on any atom is -0.478 e. The van der Waals surface area contributed by atoms with Crippen LogP contribution in [0.3, 0.4) is 0 Å².